The molecule has 0 aromatic carbocycles. The van der Waals surface area contributed by atoms with Crippen LogP contribution >= 0.6 is 0 Å². The number of aromatic nitrogens is 1. The fourth-order valence-electron chi connectivity index (χ4n) is 0.901. The molecule has 0 radical (unpaired) electrons. The Labute approximate surface area is 85.8 Å². The zero-order chi connectivity index (χ0) is 11.1. The van der Waals surface area contributed by atoms with Gasteiger partial charge in [0, 0.05) is 17.3 Å². The molecule has 76 valence electrons. The third kappa shape index (κ3) is 3.13. The molecule has 0 unspecified atom stereocenters. The van der Waals surface area contributed by atoms with Crippen molar-refractivity contribution >= 4 is 12.0 Å². The van der Waals surface area contributed by atoms with Gasteiger partial charge in [0.25, 0.3) is 0 Å². The van der Waals surface area contributed by atoms with Crippen molar-refractivity contribution in [1.82, 2.24) is 4.98 Å². The number of esters is 1. The van der Waals surface area contributed by atoms with Crippen LogP contribution in [0, 0.1) is 0 Å². The van der Waals surface area contributed by atoms with Gasteiger partial charge in [-0.05, 0) is 23.2 Å². The maximum absolute atomic E-state index is 11.1. The molecule has 1 aromatic heterocycles. The number of ether oxygens (including phenoxy) is 1. The number of azide groups is 1. The molecule has 0 saturated carbocycles. The van der Waals surface area contributed by atoms with Crippen molar-refractivity contribution in [2.45, 2.75) is 0 Å². The van der Waals surface area contributed by atoms with Crippen LogP contribution in [0.3, 0.4) is 0 Å². The summed E-state index contributed by atoms with van der Waals surface area (Å²) in [4.78, 5) is 17.5. The number of hydrogen-bond donors (Lipinski definition) is 0. The summed E-state index contributed by atoms with van der Waals surface area (Å²) in [6.07, 6.45) is 4.54. The Kier molecular flexibility index (Phi) is 3.88. The van der Waals surface area contributed by atoms with E-state index in [1.54, 1.807) is 18.3 Å². The Hall–Kier alpha value is -2.33. The number of nitrogens with zero attached hydrogens (tertiary/aromatic N) is 4. The fraction of sp³-hybridized carbons (Fsp3) is 0.111. The van der Waals surface area contributed by atoms with Crippen LogP contribution in [0.5, 0.6) is 0 Å². The fourth-order valence-corrected chi connectivity index (χ4v) is 0.901. The molecular formula is C9H8N4O2. The molecule has 0 saturated heterocycles. The summed E-state index contributed by atoms with van der Waals surface area (Å²) in [5, 5.41) is 3.23. The molecule has 0 aliphatic carbocycles. The van der Waals surface area contributed by atoms with Gasteiger partial charge in [-0.2, -0.15) is 0 Å². The normalized spacial score (nSPS) is 10.3. The number of methoxy groups -OCH3 is 1. The first-order valence-electron chi connectivity index (χ1n) is 4.03. The highest BCUT2D eigenvalue weighted by Gasteiger charge is 2.06. The highest BCUT2D eigenvalue weighted by Crippen LogP contribution is 2.08. The van der Waals surface area contributed by atoms with Crippen molar-refractivity contribution in [3.05, 3.63) is 46.2 Å². The Morgan fingerprint density at radius 3 is 3.07 bits per heavy atom. The summed E-state index contributed by atoms with van der Waals surface area (Å²) in [5.41, 5.74) is 8.81. The number of hydrogen-bond acceptors (Lipinski definition) is 4. The highest BCUT2D eigenvalue weighted by atomic mass is 16.5. The highest BCUT2D eigenvalue weighted by molar-refractivity contribution is 5.93. The number of pyridine rings is 1. The van der Waals surface area contributed by atoms with E-state index in [0.29, 0.717) is 5.56 Å². The van der Waals surface area contributed by atoms with Gasteiger partial charge in [0.2, 0.25) is 0 Å². The maximum atomic E-state index is 11.1. The summed E-state index contributed by atoms with van der Waals surface area (Å²) in [6.45, 7) is 0. The minimum atomic E-state index is -0.684. The molecule has 0 bridgehead atoms. The largest absolute Gasteiger partial charge is 0.466 e. The van der Waals surface area contributed by atoms with Crippen LogP contribution in [-0.2, 0) is 9.53 Å². The molecule has 6 nitrogen and oxygen atoms in total. The van der Waals surface area contributed by atoms with Gasteiger partial charge in [0.15, 0.2) is 0 Å². The minimum absolute atomic E-state index is 0.104. The van der Waals surface area contributed by atoms with Crippen molar-refractivity contribution < 1.29 is 9.53 Å². The molecule has 15 heavy (non-hydrogen) atoms. The summed E-state index contributed by atoms with van der Waals surface area (Å²) in [6, 6.07) is 3.43. The molecule has 0 N–H and O–H groups in total. The number of carbonyl (C=O) groups is 1. The molecule has 1 rings (SSSR count). The average molecular weight is 204 g/mol. The first-order valence-corrected chi connectivity index (χ1v) is 4.03. The van der Waals surface area contributed by atoms with E-state index < -0.39 is 5.97 Å². The van der Waals surface area contributed by atoms with Gasteiger partial charge in [0.05, 0.1) is 7.11 Å². The Morgan fingerprint density at radius 2 is 2.53 bits per heavy atom. The summed E-state index contributed by atoms with van der Waals surface area (Å²) < 4.78 is 4.44. The van der Waals surface area contributed by atoms with Crippen LogP contribution in [-0.4, -0.2) is 18.1 Å². The average Bonchev–Trinajstić information content (AvgIpc) is 2.29. The van der Waals surface area contributed by atoms with E-state index >= 15 is 0 Å². The molecule has 1 heterocycles. The predicted octanol–water partition coefficient (Wildman–Crippen LogP) is 1.91. The van der Waals surface area contributed by atoms with Crippen molar-refractivity contribution in [2.24, 2.45) is 5.11 Å². The molecule has 0 aliphatic rings. The lowest BCUT2D eigenvalue weighted by atomic mass is 10.2. The lowest BCUT2D eigenvalue weighted by Gasteiger charge is -1.97. The van der Waals surface area contributed by atoms with Crippen LogP contribution in [0.4, 0.5) is 0 Å². The van der Waals surface area contributed by atoms with E-state index in [1.165, 1.54) is 19.4 Å². The van der Waals surface area contributed by atoms with Crippen molar-refractivity contribution in [1.29, 1.82) is 0 Å². The standard InChI is InChI=1S/C9H8N4O2/c1-15-9(14)8(12-13-10)5-7-3-2-4-11-6-7/h2-6H,1H3/b8-5-. The van der Waals surface area contributed by atoms with Gasteiger partial charge in [-0.15, -0.1) is 0 Å². The second-order valence-corrected chi connectivity index (χ2v) is 2.50. The molecule has 0 spiro atoms. The van der Waals surface area contributed by atoms with Crippen LogP contribution in [0.25, 0.3) is 16.5 Å². The van der Waals surface area contributed by atoms with Gasteiger partial charge in [-0.1, -0.05) is 11.2 Å². The van der Waals surface area contributed by atoms with E-state index in [9.17, 15) is 4.79 Å². The monoisotopic (exact) mass is 204 g/mol. The molecule has 0 amide bonds. The van der Waals surface area contributed by atoms with Crippen molar-refractivity contribution in [2.75, 3.05) is 7.11 Å². The number of carbonyl (C=O) groups excluding carboxylic acids is 1. The summed E-state index contributed by atoms with van der Waals surface area (Å²) in [5.74, 6) is -0.684. The molecule has 0 aliphatic heterocycles. The Bertz CT molecular complexity index is 421. The number of rotatable bonds is 3. The zero-order valence-electron chi connectivity index (χ0n) is 7.99. The lowest BCUT2D eigenvalue weighted by Crippen LogP contribution is -2.01. The third-order valence-electron chi connectivity index (χ3n) is 1.53. The second-order valence-electron chi connectivity index (χ2n) is 2.50. The molecular weight excluding hydrogens is 196 g/mol. The second kappa shape index (κ2) is 5.41. The van der Waals surface area contributed by atoms with E-state index in [4.69, 9.17) is 5.53 Å². The third-order valence-corrected chi connectivity index (χ3v) is 1.53. The first kappa shape index (κ1) is 10.7. The molecule has 0 fully saturated rings. The quantitative estimate of drug-likeness (QED) is 0.247. The summed E-state index contributed by atoms with van der Waals surface area (Å²) >= 11 is 0. The van der Waals surface area contributed by atoms with Crippen LogP contribution in [0.15, 0.2) is 35.3 Å². The van der Waals surface area contributed by atoms with Gasteiger partial charge in [-0.3, -0.25) is 4.98 Å². The van der Waals surface area contributed by atoms with E-state index in [1.807, 2.05) is 0 Å². The lowest BCUT2D eigenvalue weighted by molar-refractivity contribution is -0.136. The molecule has 0 atom stereocenters. The van der Waals surface area contributed by atoms with Gasteiger partial charge in [-0.25, -0.2) is 4.79 Å². The van der Waals surface area contributed by atoms with Gasteiger partial charge >= 0.3 is 5.97 Å². The smallest absolute Gasteiger partial charge is 0.340 e. The minimum Gasteiger partial charge on any atom is -0.466 e. The van der Waals surface area contributed by atoms with E-state index in [0.717, 1.165) is 0 Å². The van der Waals surface area contributed by atoms with Gasteiger partial charge < -0.3 is 4.74 Å². The molecule has 6 heteroatoms. The van der Waals surface area contributed by atoms with Crippen LogP contribution in [0.1, 0.15) is 5.56 Å². The van der Waals surface area contributed by atoms with Crippen molar-refractivity contribution in [3.8, 4) is 0 Å². The first-order chi connectivity index (χ1) is 7.27. The maximum Gasteiger partial charge on any atom is 0.340 e. The Morgan fingerprint density at radius 1 is 1.73 bits per heavy atom. The van der Waals surface area contributed by atoms with Crippen molar-refractivity contribution in [3.63, 3.8) is 0 Å². The van der Waals surface area contributed by atoms with E-state index in [2.05, 4.69) is 19.7 Å². The Balaban J connectivity index is 3.04. The predicted molar refractivity (Wildman–Crippen MR) is 53.4 cm³/mol. The summed E-state index contributed by atoms with van der Waals surface area (Å²) in [7, 11) is 1.21. The zero-order valence-corrected chi connectivity index (χ0v) is 7.99. The SMILES string of the molecule is COC(=O)/C(=C/c1cccnc1)N=[N+]=[N-]. The topological polar surface area (TPSA) is 88.0 Å². The van der Waals surface area contributed by atoms with Crippen LogP contribution < -0.4 is 0 Å². The van der Waals surface area contributed by atoms with Gasteiger partial charge in [0.1, 0.15) is 5.70 Å². The van der Waals surface area contributed by atoms with E-state index in [-0.39, 0.29) is 5.70 Å². The van der Waals surface area contributed by atoms with Crippen LogP contribution in [0.2, 0.25) is 0 Å². The molecule has 1 aromatic rings.